The van der Waals surface area contributed by atoms with Gasteiger partial charge in [0.25, 0.3) is 6.43 Å². The lowest BCUT2D eigenvalue weighted by Crippen LogP contribution is -2.17. The first-order valence-electron chi connectivity index (χ1n) is 4.85. The molecule has 1 aliphatic rings. The standard InChI is InChI=1S/C9H16F2N2/c10-9(11)7-12-13-8-5-3-1-2-4-6-8/h9,12H,1-7H2. The average molecular weight is 190 g/mol. The van der Waals surface area contributed by atoms with Crippen molar-refractivity contribution in [2.24, 2.45) is 5.10 Å². The second-order valence-electron chi connectivity index (χ2n) is 3.35. The molecular formula is C9H16F2N2. The number of rotatable bonds is 3. The molecule has 4 heteroatoms. The molecule has 0 unspecified atom stereocenters. The highest BCUT2D eigenvalue weighted by molar-refractivity contribution is 5.84. The molecule has 0 bridgehead atoms. The van der Waals surface area contributed by atoms with Gasteiger partial charge in [-0.2, -0.15) is 5.10 Å². The SMILES string of the molecule is FC(F)CNN=C1CCCCCC1. The summed E-state index contributed by atoms with van der Waals surface area (Å²) in [4.78, 5) is 0. The van der Waals surface area contributed by atoms with Gasteiger partial charge in [-0.25, -0.2) is 8.78 Å². The minimum atomic E-state index is -2.31. The zero-order valence-electron chi connectivity index (χ0n) is 7.73. The number of nitrogens with zero attached hydrogens (tertiary/aromatic N) is 1. The average Bonchev–Trinajstić information content (AvgIpc) is 2.32. The zero-order chi connectivity index (χ0) is 9.52. The van der Waals surface area contributed by atoms with Gasteiger partial charge >= 0.3 is 0 Å². The summed E-state index contributed by atoms with van der Waals surface area (Å²) in [5, 5.41) is 3.97. The molecule has 76 valence electrons. The Labute approximate surface area is 77.4 Å². The normalized spacial score (nSPS) is 18.5. The van der Waals surface area contributed by atoms with Gasteiger partial charge in [-0.15, -0.1) is 0 Å². The summed E-state index contributed by atoms with van der Waals surface area (Å²) in [5.74, 6) is 0. The van der Waals surface area contributed by atoms with Gasteiger partial charge in [0, 0.05) is 5.71 Å². The minimum absolute atomic E-state index is 0.330. The zero-order valence-corrected chi connectivity index (χ0v) is 7.73. The van der Waals surface area contributed by atoms with Crippen LogP contribution >= 0.6 is 0 Å². The molecule has 0 aromatic carbocycles. The highest BCUT2D eigenvalue weighted by Crippen LogP contribution is 2.14. The van der Waals surface area contributed by atoms with Gasteiger partial charge < -0.3 is 5.43 Å². The van der Waals surface area contributed by atoms with Gasteiger partial charge in [0.05, 0.1) is 6.54 Å². The fourth-order valence-corrected chi connectivity index (χ4v) is 1.47. The predicted octanol–water partition coefficient (Wildman–Crippen LogP) is 2.55. The quantitative estimate of drug-likeness (QED) is 0.536. The first kappa shape index (κ1) is 10.4. The Morgan fingerprint density at radius 2 is 1.77 bits per heavy atom. The minimum Gasteiger partial charge on any atom is -0.304 e. The smallest absolute Gasteiger partial charge is 0.257 e. The van der Waals surface area contributed by atoms with Crippen LogP contribution in [0.4, 0.5) is 8.78 Å². The van der Waals surface area contributed by atoms with Gasteiger partial charge in [-0.1, -0.05) is 12.8 Å². The molecule has 2 nitrogen and oxygen atoms in total. The van der Waals surface area contributed by atoms with Gasteiger partial charge in [-0.3, -0.25) is 0 Å². The second kappa shape index (κ2) is 5.89. The number of hydrogen-bond donors (Lipinski definition) is 1. The van der Waals surface area contributed by atoms with E-state index in [0.717, 1.165) is 31.4 Å². The van der Waals surface area contributed by atoms with E-state index < -0.39 is 6.43 Å². The molecule has 0 saturated heterocycles. The Hall–Kier alpha value is -0.670. The van der Waals surface area contributed by atoms with Crippen molar-refractivity contribution in [3.63, 3.8) is 0 Å². The highest BCUT2D eigenvalue weighted by atomic mass is 19.3. The lowest BCUT2D eigenvalue weighted by molar-refractivity contribution is 0.146. The second-order valence-corrected chi connectivity index (χ2v) is 3.35. The first-order chi connectivity index (χ1) is 6.29. The number of nitrogens with one attached hydrogen (secondary N) is 1. The van der Waals surface area contributed by atoms with Gasteiger partial charge in [0.15, 0.2) is 0 Å². The van der Waals surface area contributed by atoms with Crippen molar-refractivity contribution in [1.29, 1.82) is 0 Å². The third kappa shape index (κ3) is 4.80. The van der Waals surface area contributed by atoms with E-state index >= 15 is 0 Å². The number of hydrazone groups is 1. The van der Waals surface area contributed by atoms with Crippen LogP contribution in [0.15, 0.2) is 5.10 Å². The molecule has 0 spiro atoms. The fraction of sp³-hybridized carbons (Fsp3) is 0.889. The van der Waals surface area contributed by atoms with Crippen LogP contribution in [0.3, 0.4) is 0 Å². The van der Waals surface area contributed by atoms with Crippen molar-refractivity contribution < 1.29 is 8.78 Å². The van der Waals surface area contributed by atoms with Crippen LogP contribution in [0, 0.1) is 0 Å². The van der Waals surface area contributed by atoms with Crippen LogP contribution in [0.2, 0.25) is 0 Å². The highest BCUT2D eigenvalue weighted by Gasteiger charge is 2.06. The van der Waals surface area contributed by atoms with Gasteiger partial charge in [0.1, 0.15) is 0 Å². The van der Waals surface area contributed by atoms with Crippen LogP contribution in [-0.2, 0) is 0 Å². The summed E-state index contributed by atoms with van der Waals surface area (Å²) in [7, 11) is 0. The van der Waals surface area contributed by atoms with Crippen LogP contribution in [0.5, 0.6) is 0 Å². The Balaban J connectivity index is 2.22. The van der Waals surface area contributed by atoms with Crippen molar-refractivity contribution in [3.05, 3.63) is 0 Å². The van der Waals surface area contributed by atoms with Crippen LogP contribution in [-0.4, -0.2) is 18.7 Å². The molecule has 0 heterocycles. The van der Waals surface area contributed by atoms with E-state index in [9.17, 15) is 8.78 Å². The van der Waals surface area contributed by atoms with E-state index in [2.05, 4.69) is 10.5 Å². The number of alkyl halides is 2. The number of hydrogen-bond acceptors (Lipinski definition) is 2. The maximum Gasteiger partial charge on any atom is 0.257 e. The molecule has 0 aromatic heterocycles. The molecule has 13 heavy (non-hydrogen) atoms. The first-order valence-corrected chi connectivity index (χ1v) is 4.85. The summed E-state index contributed by atoms with van der Waals surface area (Å²) in [5.41, 5.74) is 3.47. The third-order valence-corrected chi connectivity index (χ3v) is 2.16. The molecule has 0 radical (unpaired) electrons. The fourth-order valence-electron chi connectivity index (χ4n) is 1.47. The molecule has 1 aliphatic carbocycles. The third-order valence-electron chi connectivity index (χ3n) is 2.16. The topological polar surface area (TPSA) is 24.4 Å². The molecule has 1 rings (SSSR count). The largest absolute Gasteiger partial charge is 0.304 e. The summed E-state index contributed by atoms with van der Waals surface area (Å²) >= 11 is 0. The monoisotopic (exact) mass is 190 g/mol. The number of halogens is 2. The van der Waals surface area contributed by atoms with Crippen molar-refractivity contribution in [2.75, 3.05) is 6.54 Å². The van der Waals surface area contributed by atoms with Crippen molar-refractivity contribution >= 4 is 5.71 Å². The van der Waals surface area contributed by atoms with E-state index in [1.165, 1.54) is 12.8 Å². The van der Waals surface area contributed by atoms with Crippen LogP contribution in [0.1, 0.15) is 38.5 Å². The molecule has 1 saturated carbocycles. The summed E-state index contributed by atoms with van der Waals surface area (Å²) in [6.07, 6.45) is 4.41. The van der Waals surface area contributed by atoms with Gasteiger partial charge in [-0.05, 0) is 25.7 Å². The van der Waals surface area contributed by atoms with Crippen molar-refractivity contribution in [1.82, 2.24) is 5.43 Å². The van der Waals surface area contributed by atoms with E-state index in [1.54, 1.807) is 0 Å². The summed E-state index contributed by atoms with van der Waals surface area (Å²) in [6.45, 7) is -0.330. The van der Waals surface area contributed by atoms with E-state index in [0.29, 0.717) is 0 Å². The molecule has 0 amide bonds. The molecule has 0 atom stereocenters. The van der Waals surface area contributed by atoms with E-state index in [-0.39, 0.29) is 6.54 Å². The maximum absolute atomic E-state index is 11.7. The molecule has 0 aliphatic heterocycles. The van der Waals surface area contributed by atoms with E-state index in [1.807, 2.05) is 0 Å². The van der Waals surface area contributed by atoms with Crippen molar-refractivity contribution in [3.8, 4) is 0 Å². The molecule has 0 aromatic rings. The summed E-state index contributed by atoms with van der Waals surface area (Å²) < 4.78 is 23.5. The van der Waals surface area contributed by atoms with E-state index in [4.69, 9.17) is 0 Å². The Morgan fingerprint density at radius 3 is 2.31 bits per heavy atom. The Morgan fingerprint density at radius 1 is 1.15 bits per heavy atom. The van der Waals surface area contributed by atoms with Crippen molar-refractivity contribution in [2.45, 2.75) is 45.0 Å². The molecule has 1 N–H and O–H groups in total. The molecular weight excluding hydrogens is 174 g/mol. The summed E-state index contributed by atoms with van der Waals surface area (Å²) in [6, 6.07) is 0. The van der Waals surface area contributed by atoms with Gasteiger partial charge in [0.2, 0.25) is 0 Å². The maximum atomic E-state index is 11.7. The predicted molar refractivity (Wildman–Crippen MR) is 49.1 cm³/mol. The van der Waals surface area contributed by atoms with Crippen LogP contribution < -0.4 is 5.43 Å². The Bertz CT molecular complexity index is 159. The van der Waals surface area contributed by atoms with Crippen LogP contribution in [0.25, 0.3) is 0 Å². The lowest BCUT2D eigenvalue weighted by Gasteiger charge is -2.03. The molecule has 1 fully saturated rings. The Kier molecular flexibility index (Phi) is 4.72. The lowest BCUT2D eigenvalue weighted by atomic mass is 10.2.